The van der Waals surface area contributed by atoms with Gasteiger partial charge in [-0.25, -0.2) is 0 Å². The summed E-state index contributed by atoms with van der Waals surface area (Å²) in [4.78, 5) is 4.10. The Morgan fingerprint density at radius 3 is 2.95 bits per heavy atom. The van der Waals surface area contributed by atoms with E-state index in [1.807, 2.05) is 11.3 Å². The van der Waals surface area contributed by atoms with Crippen LogP contribution in [0, 0.1) is 5.92 Å². The largest absolute Gasteiger partial charge is 0.378 e. The van der Waals surface area contributed by atoms with E-state index in [1.165, 1.54) is 37.1 Å². The molecule has 1 aromatic heterocycles. The molecule has 3 nitrogen and oxygen atoms in total. The predicted octanol–water partition coefficient (Wildman–Crippen LogP) is 3.30. The molecule has 1 saturated carbocycles. The molecule has 3 aliphatic rings. The van der Waals surface area contributed by atoms with Crippen LogP contribution in [0.3, 0.4) is 0 Å². The van der Waals surface area contributed by atoms with E-state index in [4.69, 9.17) is 9.47 Å². The summed E-state index contributed by atoms with van der Waals surface area (Å²) in [5.74, 6) is 0.856. The summed E-state index contributed by atoms with van der Waals surface area (Å²) in [5.41, 5.74) is 0. The first-order chi connectivity index (χ1) is 10.4. The lowest BCUT2D eigenvalue weighted by Crippen LogP contribution is -2.43. The van der Waals surface area contributed by atoms with Gasteiger partial charge >= 0.3 is 0 Å². The molecule has 0 spiro atoms. The number of hydrogen-bond acceptors (Lipinski definition) is 4. The summed E-state index contributed by atoms with van der Waals surface area (Å²) in [5, 5.41) is 2.17. The van der Waals surface area contributed by atoms with Crippen molar-refractivity contribution in [1.29, 1.82) is 0 Å². The van der Waals surface area contributed by atoms with Crippen LogP contribution in [0.15, 0.2) is 17.5 Å². The highest BCUT2D eigenvalue weighted by Gasteiger charge is 2.39. The van der Waals surface area contributed by atoms with E-state index in [2.05, 4.69) is 22.4 Å². The minimum atomic E-state index is 0.340. The van der Waals surface area contributed by atoms with Gasteiger partial charge in [-0.3, -0.25) is 4.90 Å². The van der Waals surface area contributed by atoms with Crippen LogP contribution in [-0.4, -0.2) is 42.9 Å². The second kappa shape index (κ2) is 6.37. The van der Waals surface area contributed by atoms with E-state index in [-0.39, 0.29) is 0 Å². The quantitative estimate of drug-likeness (QED) is 0.805. The number of fused-ring (bicyclic) bond motifs is 1. The predicted molar refractivity (Wildman–Crippen MR) is 84.6 cm³/mol. The van der Waals surface area contributed by atoms with Crippen molar-refractivity contribution in [3.63, 3.8) is 0 Å². The fourth-order valence-corrected chi connectivity index (χ4v) is 4.39. The monoisotopic (exact) mass is 307 g/mol. The lowest BCUT2D eigenvalue weighted by Gasteiger charge is -2.35. The van der Waals surface area contributed by atoms with Crippen molar-refractivity contribution in [2.24, 2.45) is 5.92 Å². The van der Waals surface area contributed by atoms with E-state index in [9.17, 15) is 0 Å². The highest BCUT2D eigenvalue weighted by Crippen LogP contribution is 2.33. The van der Waals surface area contributed by atoms with Crippen LogP contribution >= 0.6 is 11.3 Å². The van der Waals surface area contributed by atoms with Gasteiger partial charge in [0.05, 0.1) is 18.8 Å². The van der Waals surface area contributed by atoms with E-state index in [1.54, 1.807) is 0 Å². The van der Waals surface area contributed by atoms with Gasteiger partial charge < -0.3 is 9.47 Å². The standard InChI is InChI=1S/C17H25NO2S/c1-2-15(21-9-1)10-18-8-7-17-16(18)6-5-14(20-17)12-19-11-13-3-4-13/h1-2,9,13-14,16-17H,3-8,10-12H2/t14-,16-,17-/m0/s1. The molecule has 0 radical (unpaired) electrons. The smallest absolute Gasteiger partial charge is 0.0813 e. The molecule has 21 heavy (non-hydrogen) atoms. The second-order valence-corrected chi connectivity index (χ2v) is 7.79. The third-order valence-corrected chi connectivity index (χ3v) is 5.91. The first kappa shape index (κ1) is 14.2. The van der Waals surface area contributed by atoms with Crippen molar-refractivity contribution in [3.8, 4) is 0 Å². The molecule has 4 rings (SSSR count). The lowest BCUT2D eigenvalue weighted by molar-refractivity contribution is -0.101. The van der Waals surface area contributed by atoms with Gasteiger partial charge in [0.2, 0.25) is 0 Å². The average molecular weight is 307 g/mol. The molecule has 0 aromatic carbocycles. The van der Waals surface area contributed by atoms with Crippen LogP contribution in [0.25, 0.3) is 0 Å². The van der Waals surface area contributed by atoms with Crippen LogP contribution < -0.4 is 0 Å². The van der Waals surface area contributed by atoms with Crippen molar-refractivity contribution in [1.82, 2.24) is 4.90 Å². The first-order valence-corrected chi connectivity index (χ1v) is 9.26. The Hall–Kier alpha value is -0.420. The first-order valence-electron chi connectivity index (χ1n) is 8.38. The van der Waals surface area contributed by atoms with Gasteiger partial charge in [0, 0.05) is 30.6 Å². The molecule has 4 heteroatoms. The maximum absolute atomic E-state index is 6.30. The summed E-state index contributed by atoms with van der Waals surface area (Å²) in [6.45, 7) is 4.05. The topological polar surface area (TPSA) is 21.7 Å². The van der Waals surface area contributed by atoms with Crippen LogP contribution in [0.5, 0.6) is 0 Å². The molecule has 0 unspecified atom stereocenters. The van der Waals surface area contributed by atoms with Crippen molar-refractivity contribution in [2.75, 3.05) is 19.8 Å². The lowest BCUT2D eigenvalue weighted by atomic mass is 9.99. The summed E-state index contributed by atoms with van der Waals surface area (Å²) in [7, 11) is 0. The zero-order chi connectivity index (χ0) is 14.1. The van der Waals surface area contributed by atoms with E-state index in [0.717, 1.165) is 32.1 Å². The molecular formula is C17H25NO2S. The Morgan fingerprint density at radius 1 is 1.19 bits per heavy atom. The zero-order valence-electron chi connectivity index (χ0n) is 12.6. The van der Waals surface area contributed by atoms with Crippen molar-refractivity contribution < 1.29 is 9.47 Å². The molecular weight excluding hydrogens is 282 g/mol. The van der Waals surface area contributed by atoms with Gasteiger partial charge in [-0.05, 0) is 49.5 Å². The summed E-state index contributed by atoms with van der Waals surface area (Å²) >= 11 is 1.87. The van der Waals surface area contributed by atoms with Crippen LogP contribution in [-0.2, 0) is 16.0 Å². The molecule has 3 heterocycles. The number of hydrogen-bond donors (Lipinski definition) is 0. The van der Waals surface area contributed by atoms with Gasteiger partial charge in [-0.2, -0.15) is 0 Å². The fourth-order valence-electron chi connectivity index (χ4n) is 3.66. The second-order valence-electron chi connectivity index (χ2n) is 6.76. The van der Waals surface area contributed by atoms with Crippen LogP contribution in [0.1, 0.15) is 37.0 Å². The van der Waals surface area contributed by atoms with Crippen molar-refractivity contribution in [2.45, 2.75) is 56.9 Å². The average Bonchev–Trinajstić information content (AvgIpc) is 3.03. The molecule has 0 bridgehead atoms. The highest BCUT2D eigenvalue weighted by molar-refractivity contribution is 7.09. The molecule has 0 N–H and O–H groups in total. The maximum atomic E-state index is 6.30. The van der Waals surface area contributed by atoms with Crippen molar-refractivity contribution >= 4 is 11.3 Å². The minimum absolute atomic E-state index is 0.340. The number of ether oxygens (including phenoxy) is 2. The molecule has 1 aromatic rings. The molecule has 3 fully saturated rings. The number of nitrogens with zero attached hydrogens (tertiary/aromatic N) is 1. The number of rotatable bonds is 6. The highest BCUT2D eigenvalue weighted by atomic mass is 32.1. The molecule has 0 amide bonds. The Labute approximate surface area is 131 Å². The van der Waals surface area contributed by atoms with Crippen LogP contribution in [0.2, 0.25) is 0 Å². The van der Waals surface area contributed by atoms with E-state index >= 15 is 0 Å². The molecule has 2 aliphatic heterocycles. The van der Waals surface area contributed by atoms with Crippen LogP contribution in [0.4, 0.5) is 0 Å². The van der Waals surface area contributed by atoms with Gasteiger partial charge in [-0.1, -0.05) is 6.07 Å². The fraction of sp³-hybridized carbons (Fsp3) is 0.765. The molecule has 2 saturated heterocycles. The van der Waals surface area contributed by atoms with Gasteiger partial charge in [0.25, 0.3) is 0 Å². The van der Waals surface area contributed by atoms with Crippen molar-refractivity contribution in [3.05, 3.63) is 22.4 Å². The summed E-state index contributed by atoms with van der Waals surface area (Å²) in [6.07, 6.45) is 7.14. The summed E-state index contributed by atoms with van der Waals surface area (Å²) < 4.78 is 12.1. The van der Waals surface area contributed by atoms with E-state index < -0.39 is 0 Å². The number of thiophene rings is 1. The third-order valence-electron chi connectivity index (χ3n) is 5.04. The molecule has 1 aliphatic carbocycles. The Bertz CT molecular complexity index is 446. The van der Waals surface area contributed by atoms with Gasteiger partial charge in [-0.15, -0.1) is 11.3 Å². The maximum Gasteiger partial charge on any atom is 0.0813 e. The van der Waals surface area contributed by atoms with Gasteiger partial charge in [0.1, 0.15) is 0 Å². The van der Waals surface area contributed by atoms with E-state index in [0.29, 0.717) is 18.2 Å². The third kappa shape index (κ3) is 3.50. The Morgan fingerprint density at radius 2 is 2.14 bits per heavy atom. The SMILES string of the molecule is c1csc(CN2CC[C@@H]3O[C@H](COCC4CC4)CC[C@@H]32)c1. The Kier molecular flexibility index (Phi) is 4.30. The minimum Gasteiger partial charge on any atom is -0.378 e. The van der Waals surface area contributed by atoms with Gasteiger partial charge in [0.15, 0.2) is 0 Å². The zero-order valence-corrected chi connectivity index (χ0v) is 13.4. The molecule has 3 atom stereocenters. The summed E-state index contributed by atoms with van der Waals surface area (Å²) in [6, 6.07) is 5.03. The molecule has 116 valence electrons. The Balaban J connectivity index is 1.25. The number of likely N-dealkylation sites (tertiary alicyclic amines) is 1. The normalized spacial score (nSPS) is 33.2.